The van der Waals surface area contributed by atoms with Crippen molar-refractivity contribution in [2.75, 3.05) is 5.75 Å². The molecular weight excluding hydrogens is 459 g/mol. The molecule has 4 heteroatoms. The minimum Gasteiger partial charge on any atom is -0.384 e. The van der Waals surface area contributed by atoms with Gasteiger partial charge in [-0.15, -0.1) is 0 Å². The van der Waals surface area contributed by atoms with Crippen LogP contribution < -0.4 is 0 Å². The van der Waals surface area contributed by atoms with Crippen LogP contribution in [-0.4, -0.2) is 10.9 Å². The average Bonchev–Trinajstić information content (AvgIpc) is 2.92. The molecule has 0 aromatic heterocycles. The molecule has 0 fully saturated rings. The maximum absolute atomic E-state index is 14.3. The Hall–Kier alpha value is -0.0600. The lowest BCUT2D eigenvalue weighted by atomic mass is 9.65. The second kappa shape index (κ2) is 14.9. The van der Waals surface area contributed by atoms with E-state index < -0.39 is 5.60 Å². The summed E-state index contributed by atoms with van der Waals surface area (Å²) in [6.07, 6.45) is 9.97. The zero-order valence-electron chi connectivity index (χ0n) is 20.5. The van der Waals surface area contributed by atoms with E-state index in [1.165, 1.54) is 31.7 Å². The normalized spacial score (nSPS) is 18.9. The van der Waals surface area contributed by atoms with Crippen LogP contribution in [0.15, 0.2) is 16.6 Å². The third kappa shape index (κ3) is 7.52. The van der Waals surface area contributed by atoms with Crippen LogP contribution in [0.3, 0.4) is 0 Å². The van der Waals surface area contributed by atoms with Crippen LogP contribution in [0.5, 0.6) is 0 Å². The highest BCUT2D eigenvalue weighted by Gasteiger charge is 2.55. The van der Waals surface area contributed by atoms with E-state index in [-0.39, 0.29) is 17.2 Å². The first-order chi connectivity index (χ1) is 14.2. The Bertz CT molecular complexity index is 595. The molecule has 1 aliphatic carbocycles. The molecule has 0 amide bonds. The lowest BCUT2D eigenvalue weighted by Crippen LogP contribution is -2.45. The molecule has 1 N–H and O–H groups in total. The van der Waals surface area contributed by atoms with Gasteiger partial charge in [0.15, 0.2) is 0 Å². The molecule has 30 heavy (non-hydrogen) atoms. The summed E-state index contributed by atoms with van der Waals surface area (Å²) in [5.74, 6) is 1.03. The molecule has 1 atom stereocenters. The van der Waals surface area contributed by atoms with Crippen molar-refractivity contribution in [1.29, 1.82) is 0 Å². The van der Waals surface area contributed by atoms with E-state index in [0.717, 1.165) is 37.0 Å². The SMILES string of the molecule is CC.CCCC(CCC)C1(O)c2cc(Br)cc(F)c2CC1(C)C.CCCCCCS. The summed E-state index contributed by atoms with van der Waals surface area (Å²) in [6, 6.07) is 3.43. The Morgan fingerprint density at radius 3 is 2.07 bits per heavy atom. The molecule has 1 aromatic carbocycles. The van der Waals surface area contributed by atoms with E-state index in [1.807, 2.05) is 19.9 Å². The van der Waals surface area contributed by atoms with Crippen LogP contribution in [0.25, 0.3) is 0 Å². The van der Waals surface area contributed by atoms with Crippen LogP contribution in [0.2, 0.25) is 0 Å². The summed E-state index contributed by atoms with van der Waals surface area (Å²) in [7, 11) is 0. The van der Waals surface area contributed by atoms with E-state index >= 15 is 0 Å². The van der Waals surface area contributed by atoms with Gasteiger partial charge in [0.25, 0.3) is 0 Å². The highest BCUT2D eigenvalue weighted by atomic mass is 79.9. The van der Waals surface area contributed by atoms with Crippen LogP contribution in [-0.2, 0) is 12.0 Å². The molecule has 1 unspecified atom stereocenters. The largest absolute Gasteiger partial charge is 0.384 e. The van der Waals surface area contributed by atoms with E-state index in [9.17, 15) is 9.50 Å². The summed E-state index contributed by atoms with van der Waals surface area (Å²) in [4.78, 5) is 0. The number of hydrogen-bond acceptors (Lipinski definition) is 2. The first kappa shape index (κ1) is 29.9. The first-order valence-electron chi connectivity index (χ1n) is 12.0. The summed E-state index contributed by atoms with van der Waals surface area (Å²) in [6.45, 7) is 14.7. The monoisotopic (exact) mass is 504 g/mol. The fourth-order valence-corrected chi connectivity index (χ4v) is 5.29. The zero-order chi connectivity index (χ0) is 23.4. The lowest BCUT2D eigenvalue weighted by Gasteiger charge is -2.44. The Morgan fingerprint density at radius 1 is 1.03 bits per heavy atom. The molecule has 0 bridgehead atoms. The molecule has 0 saturated heterocycles. The van der Waals surface area contributed by atoms with Crippen LogP contribution >= 0.6 is 28.6 Å². The topological polar surface area (TPSA) is 20.2 Å². The second-order valence-electron chi connectivity index (χ2n) is 8.80. The van der Waals surface area contributed by atoms with Gasteiger partial charge in [0, 0.05) is 9.89 Å². The summed E-state index contributed by atoms with van der Waals surface area (Å²) >= 11 is 7.47. The average molecular weight is 506 g/mol. The quantitative estimate of drug-likeness (QED) is 0.253. The van der Waals surface area contributed by atoms with Crippen molar-refractivity contribution in [2.45, 2.75) is 112 Å². The fourth-order valence-electron chi connectivity index (χ4n) is 4.63. The first-order valence-corrected chi connectivity index (χ1v) is 13.4. The molecule has 0 heterocycles. The summed E-state index contributed by atoms with van der Waals surface area (Å²) in [5, 5.41) is 11.7. The van der Waals surface area contributed by atoms with Crippen molar-refractivity contribution in [2.24, 2.45) is 11.3 Å². The Morgan fingerprint density at radius 2 is 1.60 bits per heavy atom. The lowest BCUT2D eigenvalue weighted by molar-refractivity contribution is -0.113. The van der Waals surface area contributed by atoms with Crippen molar-refractivity contribution >= 4 is 28.6 Å². The van der Waals surface area contributed by atoms with Crippen LogP contribution in [0.1, 0.15) is 111 Å². The van der Waals surface area contributed by atoms with Crippen LogP contribution in [0.4, 0.5) is 4.39 Å². The zero-order valence-corrected chi connectivity index (χ0v) is 22.9. The maximum Gasteiger partial charge on any atom is 0.127 e. The standard InChI is InChI=1S/C18H26BrFO.C6H14S.C2H6/c1-5-7-12(8-6-2)18(21)15-9-13(19)10-16(20)14(15)11-17(18,3)4;1-2-3-4-5-6-7;1-2/h9-10,12,21H,5-8,11H2,1-4H3;7H,2-6H2,1H3;1-2H3. The fraction of sp³-hybridized carbons (Fsp3) is 0.769. The van der Waals surface area contributed by atoms with E-state index in [0.29, 0.717) is 16.5 Å². The minimum absolute atomic E-state index is 0.178. The molecule has 0 aliphatic heterocycles. The molecule has 1 aliphatic rings. The van der Waals surface area contributed by atoms with E-state index in [1.54, 1.807) is 0 Å². The number of aliphatic hydroxyl groups is 1. The van der Waals surface area contributed by atoms with Gasteiger partial charge in [-0.05, 0) is 60.6 Å². The van der Waals surface area contributed by atoms with Gasteiger partial charge in [-0.3, -0.25) is 0 Å². The number of hydrogen-bond donors (Lipinski definition) is 2. The number of rotatable bonds is 9. The van der Waals surface area contributed by atoms with E-state index in [4.69, 9.17) is 0 Å². The third-order valence-corrected chi connectivity index (χ3v) is 6.87. The van der Waals surface area contributed by atoms with Gasteiger partial charge in [-0.1, -0.05) is 96.5 Å². The van der Waals surface area contributed by atoms with Gasteiger partial charge in [0.1, 0.15) is 5.82 Å². The van der Waals surface area contributed by atoms with Crippen molar-refractivity contribution in [3.8, 4) is 0 Å². The van der Waals surface area contributed by atoms with Gasteiger partial charge >= 0.3 is 0 Å². The van der Waals surface area contributed by atoms with Crippen molar-refractivity contribution < 1.29 is 9.50 Å². The predicted molar refractivity (Wildman–Crippen MR) is 138 cm³/mol. The number of benzene rings is 1. The van der Waals surface area contributed by atoms with Crippen molar-refractivity contribution in [3.63, 3.8) is 0 Å². The maximum atomic E-state index is 14.3. The molecule has 1 nitrogen and oxygen atoms in total. The second-order valence-corrected chi connectivity index (χ2v) is 10.2. The smallest absolute Gasteiger partial charge is 0.127 e. The predicted octanol–water partition coefficient (Wildman–Crippen LogP) is 9.10. The van der Waals surface area contributed by atoms with Gasteiger partial charge in [-0.25, -0.2) is 4.39 Å². The van der Waals surface area contributed by atoms with Crippen molar-refractivity contribution in [1.82, 2.24) is 0 Å². The number of thiol groups is 1. The molecule has 0 saturated carbocycles. The molecule has 0 radical (unpaired) electrons. The highest BCUT2D eigenvalue weighted by Crippen LogP contribution is 2.56. The molecule has 176 valence electrons. The van der Waals surface area contributed by atoms with Gasteiger partial charge in [-0.2, -0.15) is 12.6 Å². The van der Waals surface area contributed by atoms with Gasteiger partial charge in [0.2, 0.25) is 0 Å². The minimum atomic E-state index is -0.945. The molecular formula is C26H46BrFOS. The van der Waals surface area contributed by atoms with Gasteiger partial charge < -0.3 is 5.11 Å². The van der Waals surface area contributed by atoms with Crippen LogP contribution in [0, 0.1) is 17.2 Å². The summed E-state index contributed by atoms with van der Waals surface area (Å²) in [5.41, 5.74) is 0.208. The molecule has 2 rings (SSSR count). The Kier molecular flexibility index (Phi) is 14.9. The Labute approximate surface area is 200 Å². The van der Waals surface area contributed by atoms with Crippen molar-refractivity contribution in [3.05, 3.63) is 33.5 Å². The van der Waals surface area contributed by atoms with Gasteiger partial charge in [0.05, 0.1) is 5.60 Å². The number of halogens is 2. The van der Waals surface area contributed by atoms with E-state index in [2.05, 4.69) is 63.2 Å². The molecule has 1 aromatic rings. The highest BCUT2D eigenvalue weighted by molar-refractivity contribution is 9.10. The molecule has 0 spiro atoms. The number of fused-ring (bicyclic) bond motifs is 1. The third-order valence-electron chi connectivity index (χ3n) is 6.10. The number of unbranched alkanes of at least 4 members (excludes halogenated alkanes) is 3. The summed E-state index contributed by atoms with van der Waals surface area (Å²) < 4.78 is 15.0. The Balaban J connectivity index is 0.000000795.